The van der Waals surface area contributed by atoms with Crippen molar-refractivity contribution in [3.05, 3.63) is 0 Å². The highest BCUT2D eigenvalue weighted by molar-refractivity contribution is 7.48. The van der Waals surface area contributed by atoms with Gasteiger partial charge in [0.1, 0.15) is 18.8 Å². The molecule has 1 fully saturated rings. The van der Waals surface area contributed by atoms with Gasteiger partial charge in [0.15, 0.2) is 6.10 Å². The van der Waals surface area contributed by atoms with Crippen LogP contribution < -0.4 is 0 Å². The molecule has 1 atom stereocenters. The average molecular weight is 1020 g/mol. The summed E-state index contributed by atoms with van der Waals surface area (Å²) in [6.07, 6.45) is 41.7. The zero-order valence-electron chi connectivity index (χ0n) is 45.6. The number of hydrogen-bond donors (Lipinski definition) is 0. The van der Waals surface area contributed by atoms with Gasteiger partial charge in [0.25, 0.3) is 0 Å². The molecule has 12 nitrogen and oxygen atoms in total. The fraction of sp³-hybridized carbons (Fsp3) is 0.930. The van der Waals surface area contributed by atoms with E-state index in [0.29, 0.717) is 32.1 Å². The zero-order chi connectivity index (χ0) is 51.0. The minimum atomic E-state index is -3.75. The summed E-state index contributed by atoms with van der Waals surface area (Å²) in [5.41, 5.74) is 0. The topological polar surface area (TPSA) is 150 Å². The maximum atomic E-state index is 12.9. The van der Waals surface area contributed by atoms with Crippen LogP contribution in [0, 0.1) is 0 Å². The fourth-order valence-electron chi connectivity index (χ4n) is 8.96. The lowest BCUT2D eigenvalue weighted by Crippen LogP contribution is -2.29. The van der Waals surface area contributed by atoms with Gasteiger partial charge in [0.05, 0.1) is 19.8 Å². The van der Waals surface area contributed by atoms with Crippen LogP contribution in [0.15, 0.2) is 0 Å². The van der Waals surface area contributed by atoms with Crippen molar-refractivity contribution in [2.24, 2.45) is 0 Å². The summed E-state index contributed by atoms with van der Waals surface area (Å²) in [4.78, 5) is 51.1. The second-order valence-corrected chi connectivity index (χ2v) is 21.9. The molecule has 1 heterocycles. The quantitative estimate of drug-likeness (QED) is 0.0247. The first-order valence-electron chi connectivity index (χ1n) is 29.4. The van der Waals surface area contributed by atoms with Crippen LogP contribution in [-0.4, -0.2) is 68.6 Å². The van der Waals surface area contributed by atoms with Crippen LogP contribution in [0.1, 0.15) is 297 Å². The maximum Gasteiger partial charge on any atom is 0.475 e. The number of hydrogen-bond acceptors (Lipinski definition) is 12. The van der Waals surface area contributed by atoms with Crippen molar-refractivity contribution in [2.75, 3.05) is 26.4 Å². The van der Waals surface area contributed by atoms with Crippen LogP contribution in [0.4, 0.5) is 0 Å². The molecular weight excluding hydrogens is 908 g/mol. The number of unbranched alkanes of at least 4 members (excludes halogenated alkanes) is 28. The summed E-state index contributed by atoms with van der Waals surface area (Å²) in [5.74, 6) is -1.08. The zero-order valence-corrected chi connectivity index (χ0v) is 46.5. The first-order chi connectivity index (χ1) is 34.1. The van der Waals surface area contributed by atoms with Crippen molar-refractivity contribution < 1.29 is 56.3 Å². The first kappa shape index (κ1) is 66.0. The second kappa shape index (κ2) is 48.0. The minimum absolute atomic E-state index is 0.00423. The molecule has 0 aliphatic carbocycles. The lowest BCUT2D eigenvalue weighted by atomic mass is 10.0. The van der Waals surface area contributed by atoms with Crippen LogP contribution in [0.2, 0.25) is 0 Å². The molecule has 70 heavy (non-hydrogen) atoms. The molecule has 0 unspecified atom stereocenters. The SMILES string of the molecule is CCCCCCCCC(CCCCCCCC)OC(=O)CCCCCCCCC(=O)OC[C@@H](COP1(=O)OCCO1)OC(=O)CCCCCCC(=O)OC(CCCCCCCC)CCCCCCCC. The van der Waals surface area contributed by atoms with Crippen molar-refractivity contribution >= 4 is 31.7 Å². The Kier molecular flexibility index (Phi) is 45.2. The molecule has 0 saturated carbocycles. The standard InChI is InChI=1S/C57H107O12P/c1-5-9-13-17-23-31-39-51(40-32-24-18-14-10-6-2)67-55(59)44-36-28-22-21-27-35-43-54(58)63-49-53(50-66-70(62)64-47-48-65-70)69-57(61)46-38-30-29-37-45-56(60)68-52(41-33-25-19-15-11-7-3)42-34-26-20-16-12-8-4/h51-53H,5-50H2,1-4H3/t53-/m0/s1. The number of ether oxygens (including phenoxy) is 4. The molecule has 0 bridgehead atoms. The van der Waals surface area contributed by atoms with E-state index in [-0.39, 0.29) is 63.4 Å². The fourth-order valence-corrected chi connectivity index (χ4v) is 10.1. The van der Waals surface area contributed by atoms with Gasteiger partial charge in [-0.1, -0.05) is 195 Å². The number of esters is 4. The Morgan fingerprint density at radius 3 is 0.957 bits per heavy atom. The number of carbonyl (C=O) groups is 4. The third kappa shape index (κ3) is 41.5. The van der Waals surface area contributed by atoms with Crippen molar-refractivity contribution in [3.63, 3.8) is 0 Å². The van der Waals surface area contributed by atoms with Crippen LogP contribution in [0.5, 0.6) is 0 Å². The Hall–Kier alpha value is -2.01. The van der Waals surface area contributed by atoms with Gasteiger partial charge in [0, 0.05) is 25.7 Å². The normalized spacial score (nSPS) is 13.8. The van der Waals surface area contributed by atoms with Crippen molar-refractivity contribution in [1.29, 1.82) is 0 Å². The molecule has 0 spiro atoms. The molecule has 1 saturated heterocycles. The van der Waals surface area contributed by atoms with Gasteiger partial charge in [-0.2, -0.15) is 0 Å². The van der Waals surface area contributed by atoms with Crippen molar-refractivity contribution in [2.45, 2.75) is 316 Å². The summed E-state index contributed by atoms with van der Waals surface area (Å²) >= 11 is 0. The number of carbonyl (C=O) groups excluding carboxylic acids is 4. The summed E-state index contributed by atoms with van der Waals surface area (Å²) in [5, 5.41) is 0. The molecule has 412 valence electrons. The predicted octanol–water partition coefficient (Wildman–Crippen LogP) is 16.9. The van der Waals surface area contributed by atoms with Crippen LogP contribution in [-0.2, 0) is 56.3 Å². The third-order valence-corrected chi connectivity index (χ3v) is 14.8. The van der Waals surface area contributed by atoms with Crippen molar-refractivity contribution in [1.82, 2.24) is 0 Å². The Labute approximate surface area is 428 Å². The Morgan fingerprint density at radius 2 is 0.629 bits per heavy atom. The maximum absolute atomic E-state index is 12.9. The predicted molar refractivity (Wildman–Crippen MR) is 283 cm³/mol. The summed E-state index contributed by atoms with van der Waals surface area (Å²) in [7, 11) is -3.75. The van der Waals surface area contributed by atoms with E-state index in [4.69, 9.17) is 32.5 Å². The highest BCUT2D eigenvalue weighted by Crippen LogP contribution is 2.52. The van der Waals surface area contributed by atoms with E-state index in [1.807, 2.05) is 0 Å². The molecule has 0 aromatic carbocycles. The molecule has 0 aromatic rings. The van der Waals surface area contributed by atoms with Gasteiger partial charge in [-0.25, -0.2) is 4.57 Å². The lowest BCUT2D eigenvalue weighted by Gasteiger charge is -2.19. The van der Waals surface area contributed by atoms with Gasteiger partial charge in [0.2, 0.25) is 0 Å². The Bertz CT molecular complexity index is 1250. The Balaban J connectivity index is 2.38. The van der Waals surface area contributed by atoms with Crippen LogP contribution in [0.25, 0.3) is 0 Å². The molecule has 13 heteroatoms. The van der Waals surface area contributed by atoms with E-state index in [0.717, 1.165) is 96.3 Å². The molecule has 1 rings (SSSR count). The minimum Gasteiger partial charge on any atom is -0.462 e. The monoisotopic (exact) mass is 1010 g/mol. The van der Waals surface area contributed by atoms with E-state index < -0.39 is 25.9 Å². The first-order valence-corrected chi connectivity index (χ1v) is 30.9. The summed E-state index contributed by atoms with van der Waals surface area (Å²) < 4.78 is 51.3. The van der Waals surface area contributed by atoms with Crippen LogP contribution in [0.3, 0.4) is 0 Å². The summed E-state index contributed by atoms with van der Waals surface area (Å²) in [6.45, 7) is 8.67. The highest BCUT2D eigenvalue weighted by atomic mass is 31.2. The van der Waals surface area contributed by atoms with Crippen LogP contribution >= 0.6 is 7.82 Å². The molecule has 0 amide bonds. The van der Waals surface area contributed by atoms with E-state index in [9.17, 15) is 23.7 Å². The van der Waals surface area contributed by atoms with E-state index in [2.05, 4.69) is 27.7 Å². The molecule has 1 aliphatic heterocycles. The van der Waals surface area contributed by atoms with Gasteiger partial charge >= 0.3 is 31.7 Å². The third-order valence-electron chi connectivity index (χ3n) is 13.4. The molecule has 0 radical (unpaired) electrons. The van der Waals surface area contributed by atoms with E-state index in [1.165, 1.54) is 128 Å². The van der Waals surface area contributed by atoms with E-state index in [1.54, 1.807) is 0 Å². The largest absolute Gasteiger partial charge is 0.475 e. The van der Waals surface area contributed by atoms with Gasteiger partial charge in [-0.3, -0.25) is 32.7 Å². The average Bonchev–Trinajstić information content (AvgIpc) is 3.79. The number of rotatable bonds is 52. The number of phosphoric acid groups is 1. The molecule has 1 aliphatic rings. The van der Waals surface area contributed by atoms with Gasteiger partial charge < -0.3 is 18.9 Å². The highest BCUT2D eigenvalue weighted by Gasteiger charge is 2.34. The Morgan fingerprint density at radius 1 is 0.357 bits per heavy atom. The molecular formula is C57H107O12P. The molecule has 0 N–H and O–H groups in total. The van der Waals surface area contributed by atoms with Gasteiger partial charge in [-0.05, 0) is 77.0 Å². The van der Waals surface area contributed by atoms with E-state index >= 15 is 0 Å². The summed E-state index contributed by atoms with van der Waals surface area (Å²) in [6, 6.07) is 0. The lowest BCUT2D eigenvalue weighted by molar-refractivity contribution is -0.161. The molecule has 0 aromatic heterocycles. The van der Waals surface area contributed by atoms with Crippen molar-refractivity contribution in [3.8, 4) is 0 Å². The number of phosphoric ester groups is 1. The van der Waals surface area contributed by atoms with Gasteiger partial charge in [-0.15, -0.1) is 0 Å². The second-order valence-electron chi connectivity index (χ2n) is 20.2. The smallest absolute Gasteiger partial charge is 0.462 e.